The summed E-state index contributed by atoms with van der Waals surface area (Å²) in [6.45, 7) is -0.538. The van der Waals surface area contributed by atoms with E-state index in [-0.39, 0.29) is 5.75 Å². The highest BCUT2D eigenvalue weighted by atomic mass is 32.1. The molecule has 0 spiro atoms. The molecular formula is C20H21FO6S2. The van der Waals surface area contributed by atoms with E-state index in [0.29, 0.717) is 17.5 Å². The van der Waals surface area contributed by atoms with Gasteiger partial charge in [-0.2, -0.15) is 0 Å². The molecule has 1 fully saturated rings. The third-order valence-electron chi connectivity index (χ3n) is 5.15. The van der Waals surface area contributed by atoms with Gasteiger partial charge in [0.2, 0.25) is 0 Å². The van der Waals surface area contributed by atoms with Crippen LogP contribution in [0, 0.1) is 5.82 Å². The summed E-state index contributed by atoms with van der Waals surface area (Å²) < 4.78 is 27.9. The molecule has 1 saturated heterocycles. The number of thiophene rings is 2. The molecule has 2 aromatic heterocycles. The van der Waals surface area contributed by atoms with Crippen LogP contribution in [0.3, 0.4) is 0 Å². The second kappa shape index (κ2) is 8.27. The Hall–Kier alpha value is -1.59. The number of aliphatic hydroxyl groups is 4. The molecule has 6 nitrogen and oxygen atoms in total. The third-order valence-corrected chi connectivity index (χ3v) is 7.25. The fourth-order valence-electron chi connectivity index (χ4n) is 3.60. The standard InChI is InChI=1S/C20H21FO6S2/c1-26-13-7-12(21)9(4-10-6-16-15(29-10)2-3-28-16)5-11(13)20-19(25)18(24)17(23)14(8-22)27-20/h2-3,5-7,14,17-20,22-25H,4,8H2,1H3/t14-,17-,18+,19-,20+/m1/s1. The minimum absolute atomic E-state index is 0.155. The van der Waals surface area contributed by atoms with Crippen LogP contribution in [0.2, 0.25) is 0 Å². The van der Waals surface area contributed by atoms with Gasteiger partial charge in [-0.15, -0.1) is 22.7 Å². The van der Waals surface area contributed by atoms with Gasteiger partial charge in [0.25, 0.3) is 0 Å². The quantitative estimate of drug-likeness (QED) is 0.486. The van der Waals surface area contributed by atoms with E-state index in [1.807, 2.05) is 17.5 Å². The highest BCUT2D eigenvalue weighted by molar-refractivity contribution is 7.26. The summed E-state index contributed by atoms with van der Waals surface area (Å²) in [4.78, 5) is 0.996. The van der Waals surface area contributed by atoms with Crippen molar-refractivity contribution in [1.82, 2.24) is 0 Å². The van der Waals surface area contributed by atoms with Gasteiger partial charge in [0, 0.05) is 32.3 Å². The van der Waals surface area contributed by atoms with Crippen LogP contribution in [0.5, 0.6) is 5.75 Å². The van der Waals surface area contributed by atoms with E-state index < -0.39 is 42.9 Å². The average molecular weight is 441 g/mol. The van der Waals surface area contributed by atoms with E-state index in [2.05, 4.69) is 0 Å². The zero-order chi connectivity index (χ0) is 20.7. The van der Waals surface area contributed by atoms with Gasteiger partial charge >= 0.3 is 0 Å². The van der Waals surface area contributed by atoms with Gasteiger partial charge in [0.1, 0.15) is 42.1 Å². The fraction of sp³-hybridized carbons (Fsp3) is 0.400. The number of ether oxygens (including phenoxy) is 2. The van der Waals surface area contributed by atoms with Crippen LogP contribution in [-0.4, -0.2) is 58.6 Å². The molecule has 4 rings (SSSR count). The lowest BCUT2D eigenvalue weighted by atomic mass is 9.89. The van der Waals surface area contributed by atoms with Crippen LogP contribution in [0.25, 0.3) is 9.40 Å². The monoisotopic (exact) mass is 440 g/mol. The second-order valence-electron chi connectivity index (χ2n) is 6.97. The maximum absolute atomic E-state index is 14.7. The largest absolute Gasteiger partial charge is 0.496 e. The number of aliphatic hydroxyl groups excluding tert-OH is 4. The van der Waals surface area contributed by atoms with E-state index in [9.17, 15) is 24.8 Å². The smallest absolute Gasteiger partial charge is 0.130 e. The summed E-state index contributed by atoms with van der Waals surface area (Å²) in [7, 11) is 1.37. The molecule has 0 saturated carbocycles. The first-order valence-electron chi connectivity index (χ1n) is 9.05. The number of methoxy groups -OCH3 is 1. The number of hydrogen-bond donors (Lipinski definition) is 4. The maximum atomic E-state index is 14.7. The Balaban J connectivity index is 1.70. The van der Waals surface area contributed by atoms with E-state index >= 15 is 0 Å². The SMILES string of the molecule is COc1cc(F)c(Cc2cc3sccc3s2)cc1[C@@H]1O[C@H](CO)[C@@H](O)[C@H](O)[C@H]1O. The van der Waals surface area contributed by atoms with Crippen molar-refractivity contribution in [2.45, 2.75) is 36.9 Å². The molecule has 3 aromatic rings. The van der Waals surface area contributed by atoms with Crippen LogP contribution in [0.15, 0.2) is 29.6 Å². The van der Waals surface area contributed by atoms with Crippen molar-refractivity contribution in [3.05, 3.63) is 51.5 Å². The van der Waals surface area contributed by atoms with Crippen LogP contribution < -0.4 is 4.74 Å². The molecule has 1 aliphatic heterocycles. The van der Waals surface area contributed by atoms with E-state index in [0.717, 1.165) is 14.3 Å². The molecule has 4 N–H and O–H groups in total. The number of fused-ring (bicyclic) bond motifs is 1. The minimum atomic E-state index is -1.52. The lowest BCUT2D eigenvalue weighted by Crippen LogP contribution is -2.55. The second-order valence-corrected chi connectivity index (χ2v) is 9.09. The van der Waals surface area contributed by atoms with Gasteiger partial charge in [-0.25, -0.2) is 4.39 Å². The van der Waals surface area contributed by atoms with Gasteiger partial charge in [-0.1, -0.05) is 0 Å². The molecule has 1 aromatic carbocycles. The van der Waals surface area contributed by atoms with Crippen molar-refractivity contribution in [2.75, 3.05) is 13.7 Å². The fourth-order valence-corrected chi connectivity index (χ4v) is 5.76. The Labute approximate surface area is 174 Å². The summed E-state index contributed by atoms with van der Waals surface area (Å²) in [6.07, 6.45) is -6.24. The molecule has 29 heavy (non-hydrogen) atoms. The third kappa shape index (κ3) is 3.79. The van der Waals surface area contributed by atoms with E-state index in [1.165, 1.54) is 13.2 Å². The zero-order valence-electron chi connectivity index (χ0n) is 15.5. The molecule has 5 atom stereocenters. The molecule has 0 bridgehead atoms. The molecule has 0 unspecified atom stereocenters. The predicted octanol–water partition coefficient (Wildman–Crippen LogP) is 2.22. The first-order valence-corrected chi connectivity index (χ1v) is 10.7. The van der Waals surface area contributed by atoms with Gasteiger partial charge in [0.05, 0.1) is 13.7 Å². The molecular weight excluding hydrogens is 419 g/mol. The average Bonchev–Trinajstić information content (AvgIpc) is 3.29. The van der Waals surface area contributed by atoms with Crippen molar-refractivity contribution >= 4 is 32.1 Å². The highest BCUT2D eigenvalue weighted by Gasteiger charge is 2.45. The number of rotatable bonds is 5. The molecule has 3 heterocycles. The topological polar surface area (TPSA) is 99.4 Å². The Bertz CT molecular complexity index is 972. The van der Waals surface area contributed by atoms with Crippen molar-refractivity contribution in [3.8, 4) is 5.75 Å². The molecule has 9 heteroatoms. The van der Waals surface area contributed by atoms with Crippen LogP contribution in [0.1, 0.15) is 22.1 Å². The molecule has 1 aliphatic rings. The first-order chi connectivity index (χ1) is 13.9. The summed E-state index contributed by atoms with van der Waals surface area (Å²) >= 11 is 3.22. The Morgan fingerprint density at radius 2 is 1.90 bits per heavy atom. The van der Waals surface area contributed by atoms with Crippen LogP contribution in [-0.2, 0) is 11.2 Å². The Morgan fingerprint density at radius 3 is 2.59 bits per heavy atom. The first kappa shape index (κ1) is 20.7. The summed E-state index contributed by atoms with van der Waals surface area (Å²) in [5.41, 5.74) is 0.742. The molecule has 0 aliphatic carbocycles. The van der Waals surface area contributed by atoms with Crippen molar-refractivity contribution in [2.24, 2.45) is 0 Å². The lowest BCUT2D eigenvalue weighted by Gasteiger charge is -2.40. The van der Waals surface area contributed by atoms with Gasteiger partial charge in [-0.3, -0.25) is 0 Å². The summed E-state index contributed by atoms with van der Waals surface area (Å²) in [5.74, 6) is -0.297. The van der Waals surface area contributed by atoms with E-state index in [1.54, 1.807) is 28.7 Å². The Kier molecular flexibility index (Phi) is 5.90. The number of benzene rings is 1. The van der Waals surface area contributed by atoms with Gasteiger partial charge in [0.15, 0.2) is 0 Å². The van der Waals surface area contributed by atoms with E-state index in [4.69, 9.17) is 9.47 Å². The summed E-state index contributed by atoms with van der Waals surface area (Å²) in [6, 6.07) is 6.83. The highest BCUT2D eigenvalue weighted by Crippen LogP contribution is 2.39. The normalized spacial score (nSPS) is 27.4. The summed E-state index contributed by atoms with van der Waals surface area (Å²) in [5, 5.41) is 42.0. The molecule has 156 valence electrons. The predicted molar refractivity (Wildman–Crippen MR) is 108 cm³/mol. The van der Waals surface area contributed by atoms with Gasteiger partial charge < -0.3 is 29.9 Å². The number of halogens is 1. The van der Waals surface area contributed by atoms with Gasteiger partial charge in [-0.05, 0) is 29.1 Å². The zero-order valence-corrected chi connectivity index (χ0v) is 17.1. The van der Waals surface area contributed by atoms with Crippen LogP contribution >= 0.6 is 22.7 Å². The van der Waals surface area contributed by atoms with Crippen molar-refractivity contribution < 1.29 is 34.3 Å². The molecule has 0 radical (unpaired) electrons. The van der Waals surface area contributed by atoms with Crippen molar-refractivity contribution in [3.63, 3.8) is 0 Å². The number of hydrogen-bond acceptors (Lipinski definition) is 8. The van der Waals surface area contributed by atoms with Crippen LogP contribution in [0.4, 0.5) is 4.39 Å². The molecule has 0 amide bonds. The maximum Gasteiger partial charge on any atom is 0.130 e. The lowest BCUT2D eigenvalue weighted by molar-refractivity contribution is -0.232. The Morgan fingerprint density at radius 1 is 1.10 bits per heavy atom. The van der Waals surface area contributed by atoms with Crippen molar-refractivity contribution in [1.29, 1.82) is 0 Å². The minimum Gasteiger partial charge on any atom is -0.496 e.